The summed E-state index contributed by atoms with van der Waals surface area (Å²) in [5, 5.41) is 17.4. The first-order valence-corrected chi connectivity index (χ1v) is 14.1. The number of hydrogen-bond acceptors (Lipinski definition) is 6. The predicted molar refractivity (Wildman–Crippen MR) is 161 cm³/mol. The van der Waals surface area contributed by atoms with Gasteiger partial charge in [0.2, 0.25) is 11.8 Å². The van der Waals surface area contributed by atoms with Crippen molar-refractivity contribution in [2.45, 2.75) is 32.1 Å². The lowest BCUT2D eigenvalue weighted by Gasteiger charge is -2.24. The third kappa shape index (κ3) is 5.47. The number of nitrogens with zero attached hydrogens (tertiary/aromatic N) is 6. The molecule has 1 fully saturated rings. The van der Waals surface area contributed by atoms with E-state index < -0.39 is 29.8 Å². The topological polar surface area (TPSA) is 117 Å². The van der Waals surface area contributed by atoms with Crippen molar-refractivity contribution >= 4 is 40.0 Å². The average Bonchev–Trinajstić information content (AvgIpc) is 3.59. The van der Waals surface area contributed by atoms with Gasteiger partial charge in [0.15, 0.2) is 11.5 Å². The van der Waals surface area contributed by atoms with Crippen molar-refractivity contribution in [2.24, 2.45) is 0 Å². The van der Waals surface area contributed by atoms with Crippen molar-refractivity contribution in [3.05, 3.63) is 95.4 Å². The Balaban J connectivity index is 1.23. The molecule has 3 aromatic carbocycles. The quantitative estimate of drug-likeness (QED) is 0.263. The van der Waals surface area contributed by atoms with E-state index >= 15 is 4.39 Å². The highest BCUT2D eigenvalue weighted by molar-refractivity contribution is 6.33. The molecule has 3 heterocycles. The monoisotopic (exact) mass is 611 g/mol. The fraction of sp³-hybridized carbons (Fsp3) is 0.188. The van der Waals surface area contributed by atoms with Gasteiger partial charge in [-0.2, -0.15) is 10.4 Å². The molecule has 2 atom stereocenters. The van der Waals surface area contributed by atoms with Gasteiger partial charge >= 0.3 is 0 Å². The van der Waals surface area contributed by atoms with Crippen LogP contribution in [0.25, 0.3) is 33.2 Å². The standard InChI is InChI=1S/C32H24ClF2N7O2/c1-18-37-14-20(15-38-18)19-9-10-28-24(11-19)27(13-36)40-42(28)17-30(43)41-16-21(34)12-29(41)32(44)39-26-8-4-6-23(31(26)35)22-5-2-3-7-25(22)33/h2-11,14-15,21,29H,12,16-17H2,1H3,(H,39,44)/t21-,29+/m1/s1. The molecule has 0 unspecified atom stereocenters. The van der Waals surface area contributed by atoms with Crippen LogP contribution in [0.15, 0.2) is 73.1 Å². The number of anilines is 1. The van der Waals surface area contributed by atoms with Crippen LogP contribution in [0.3, 0.4) is 0 Å². The van der Waals surface area contributed by atoms with Gasteiger partial charge in [-0.1, -0.05) is 48.0 Å². The molecular weight excluding hydrogens is 588 g/mol. The summed E-state index contributed by atoms with van der Waals surface area (Å²) in [7, 11) is 0. The predicted octanol–water partition coefficient (Wildman–Crippen LogP) is 5.71. The molecule has 0 bridgehead atoms. The highest BCUT2D eigenvalue weighted by Gasteiger charge is 2.40. The molecule has 44 heavy (non-hydrogen) atoms. The first kappa shape index (κ1) is 28.9. The number of nitriles is 1. The third-order valence-corrected chi connectivity index (χ3v) is 7.88. The van der Waals surface area contributed by atoms with E-state index in [2.05, 4.69) is 26.5 Å². The van der Waals surface area contributed by atoms with Gasteiger partial charge in [0.25, 0.3) is 0 Å². The van der Waals surface area contributed by atoms with Gasteiger partial charge in [0.05, 0.1) is 17.7 Å². The zero-order chi connectivity index (χ0) is 31.0. The van der Waals surface area contributed by atoms with Crippen LogP contribution in [0.4, 0.5) is 14.5 Å². The normalized spacial score (nSPS) is 16.2. The molecule has 220 valence electrons. The summed E-state index contributed by atoms with van der Waals surface area (Å²) in [5.41, 5.74) is 2.66. The number of likely N-dealkylation sites (tertiary alicyclic amines) is 1. The second kappa shape index (κ2) is 11.8. The molecule has 5 aromatic rings. The molecule has 0 saturated carbocycles. The van der Waals surface area contributed by atoms with Crippen LogP contribution in [0.1, 0.15) is 17.9 Å². The Morgan fingerprint density at radius 1 is 1.07 bits per heavy atom. The molecule has 9 nitrogen and oxygen atoms in total. The molecule has 6 rings (SSSR count). The molecule has 1 aliphatic heterocycles. The van der Waals surface area contributed by atoms with Crippen molar-refractivity contribution < 1.29 is 18.4 Å². The van der Waals surface area contributed by atoms with Crippen LogP contribution in [0.2, 0.25) is 5.02 Å². The lowest BCUT2D eigenvalue weighted by molar-refractivity contribution is -0.137. The van der Waals surface area contributed by atoms with Gasteiger partial charge in [0, 0.05) is 45.9 Å². The minimum absolute atomic E-state index is 0.107. The van der Waals surface area contributed by atoms with E-state index in [1.165, 1.54) is 16.8 Å². The molecule has 0 aliphatic carbocycles. The lowest BCUT2D eigenvalue weighted by Crippen LogP contribution is -2.44. The van der Waals surface area contributed by atoms with Crippen LogP contribution < -0.4 is 5.32 Å². The molecule has 2 aromatic heterocycles. The Morgan fingerprint density at radius 3 is 2.57 bits per heavy atom. The number of fused-ring (bicyclic) bond motifs is 1. The minimum atomic E-state index is -1.45. The maximum atomic E-state index is 15.5. The van der Waals surface area contributed by atoms with Crippen LogP contribution in [0.5, 0.6) is 0 Å². The minimum Gasteiger partial charge on any atom is -0.326 e. The molecule has 1 N–H and O–H groups in total. The number of alkyl halides is 1. The summed E-state index contributed by atoms with van der Waals surface area (Å²) >= 11 is 6.25. The Bertz CT molecular complexity index is 1960. The molecule has 12 heteroatoms. The number of amides is 2. The number of rotatable bonds is 6. The highest BCUT2D eigenvalue weighted by Crippen LogP contribution is 2.33. The van der Waals surface area contributed by atoms with Gasteiger partial charge in [0.1, 0.15) is 30.7 Å². The zero-order valence-corrected chi connectivity index (χ0v) is 24.1. The molecular formula is C32H24ClF2N7O2. The van der Waals surface area contributed by atoms with Gasteiger partial charge in [-0.3, -0.25) is 14.3 Å². The number of nitrogens with one attached hydrogen (secondary N) is 1. The van der Waals surface area contributed by atoms with Crippen molar-refractivity contribution in [3.8, 4) is 28.3 Å². The summed E-state index contributed by atoms with van der Waals surface area (Å²) in [6.45, 7) is 1.14. The van der Waals surface area contributed by atoms with Crippen LogP contribution >= 0.6 is 11.6 Å². The second-order valence-electron chi connectivity index (χ2n) is 10.4. The van der Waals surface area contributed by atoms with Gasteiger partial charge in [-0.15, -0.1) is 0 Å². The highest BCUT2D eigenvalue weighted by atomic mass is 35.5. The van der Waals surface area contributed by atoms with E-state index in [1.54, 1.807) is 67.8 Å². The number of benzene rings is 3. The Hall–Kier alpha value is -5.21. The second-order valence-corrected chi connectivity index (χ2v) is 10.8. The lowest BCUT2D eigenvalue weighted by atomic mass is 10.0. The third-order valence-electron chi connectivity index (χ3n) is 7.55. The number of aryl methyl sites for hydroxylation is 1. The number of hydrogen-bond donors (Lipinski definition) is 1. The molecule has 1 aliphatic rings. The number of halogens is 3. The van der Waals surface area contributed by atoms with E-state index in [1.807, 2.05) is 0 Å². The largest absolute Gasteiger partial charge is 0.326 e. The van der Waals surface area contributed by atoms with Crippen LogP contribution in [0, 0.1) is 24.1 Å². The fourth-order valence-electron chi connectivity index (χ4n) is 5.36. The first-order valence-electron chi connectivity index (χ1n) is 13.7. The summed E-state index contributed by atoms with van der Waals surface area (Å²) < 4.78 is 31.5. The van der Waals surface area contributed by atoms with E-state index in [0.717, 1.165) is 16.0 Å². The van der Waals surface area contributed by atoms with Gasteiger partial charge < -0.3 is 10.2 Å². The summed E-state index contributed by atoms with van der Waals surface area (Å²) in [6, 6.07) is 17.4. The van der Waals surface area contributed by atoms with E-state index in [-0.39, 0.29) is 36.5 Å². The van der Waals surface area contributed by atoms with E-state index in [4.69, 9.17) is 11.6 Å². The van der Waals surface area contributed by atoms with E-state index in [9.17, 15) is 19.2 Å². The first-order chi connectivity index (χ1) is 21.2. The van der Waals surface area contributed by atoms with Crippen LogP contribution in [-0.4, -0.2) is 55.2 Å². The summed E-state index contributed by atoms with van der Waals surface area (Å²) in [5.74, 6) is -1.37. The van der Waals surface area contributed by atoms with Crippen molar-refractivity contribution in [1.29, 1.82) is 5.26 Å². The Kier molecular flexibility index (Phi) is 7.76. The SMILES string of the molecule is Cc1ncc(-c2ccc3c(c2)c(C#N)nn3CC(=O)N2C[C@H](F)C[C@H]2C(=O)Nc2cccc(-c3ccccc3Cl)c2F)cn1. The van der Waals surface area contributed by atoms with Gasteiger partial charge in [-0.25, -0.2) is 18.7 Å². The van der Waals surface area contributed by atoms with Crippen molar-refractivity contribution in [1.82, 2.24) is 24.6 Å². The molecule has 0 spiro atoms. The summed E-state index contributed by atoms with van der Waals surface area (Å²) in [4.78, 5) is 36.3. The number of aromatic nitrogens is 4. The number of carbonyl (C=O) groups excluding carboxylic acids is 2. The fourth-order valence-corrected chi connectivity index (χ4v) is 5.60. The zero-order valence-electron chi connectivity index (χ0n) is 23.3. The van der Waals surface area contributed by atoms with E-state index in [0.29, 0.717) is 27.3 Å². The average molecular weight is 612 g/mol. The Morgan fingerprint density at radius 2 is 1.82 bits per heavy atom. The molecule has 2 amide bonds. The number of carbonyl (C=O) groups is 2. The molecule has 0 radical (unpaired) electrons. The smallest absolute Gasteiger partial charge is 0.247 e. The van der Waals surface area contributed by atoms with Crippen molar-refractivity contribution in [2.75, 3.05) is 11.9 Å². The van der Waals surface area contributed by atoms with Crippen LogP contribution in [-0.2, 0) is 16.1 Å². The van der Waals surface area contributed by atoms with Gasteiger partial charge in [-0.05, 0) is 36.8 Å². The maximum Gasteiger partial charge on any atom is 0.247 e. The summed E-state index contributed by atoms with van der Waals surface area (Å²) in [6.07, 6.45) is 1.66. The Labute approximate surface area is 255 Å². The maximum absolute atomic E-state index is 15.5. The molecule has 1 saturated heterocycles. The van der Waals surface area contributed by atoms with Crippen molar-refractivity contribution in [3.63, 3.8) is 0 Å².